The molecule has 2 atom stereocenters. The normalized spacial score (nSPS) is 17.6. The number of nitrogens with one attached hydrogen (secondary N) is 2. The lowest BCUT2D eigenvalue weighted by Crippen LogP contribution is -2.53. The lowest BCUT2D eigenvalue weighted by Gasteiger charge is -2.23. The van der Waals surface area contributed by atoms with Crippen molar-refractivity contribution in [2.75, 3.05) is 7.11 Å². The predicted octanol–water partition coefficient (Wildman–Crippen LogP) is 1.37. The Kier molecular flexibility index (Phi) is 5.98. The van der Waals surface area contributed by atoms with Crippen LogP contribution < -0.4 is 10.6 Å². The molecule has 28 heavy (non-hydrogen) atoms. The van der Waals surface area contributed by atoms with E-state index in [1.807, 2.05) is 35.8 Å². The van der Waals surface area contributed by atoms with E-state index in [2.05, 4.69) is 20.8 Å². The molecule has 1 aliphatic heterocycles. The Morgan fingerprint density at radius 2 is 2.18 bits per heavy atom. The molecule has 10 heteroatoms. The summed E-state index contributed by atoms with van der Waals surface area (Å²) in [5, 5.41) is 13.5. The quantitative estimate of drug-likeness (QED) is 0.553. The molecule has 0 saturated carbocycles. The van der Waals surface area contributed by atoms with E-state index < -0.39 is 11.3 Å². The molecule has 2 unspecified atom stereocenters. The van der Waals surface area contributed by atoms with Crippen LogP contribution in [0.1, 0.15) is 24.7 Å². The van der Waals surface area contributed by atoms with E-state index in [0.717, 1.165) is 11.3 Å². The Hall–Kier alpha value is -2.88. The zero-order valence-electron chi connectivity index (χ0n) is 15.8. The average Bonchev–Trinajstić information content (AvgIpc) is 3.02. The van der Waals surface area contributed by atoms with E-state index >= 15 is 0 Å². The molecule has 2 aromatic rings. The number of aromatic nitrogens is 3. The number of esters is 1. The summed E-state index contributed by atoms with van der Waals surface area (Å²) in [7, 11) is 1.34. The second kappa shape index (κ2) is 8.42. The van der Waals surface area contributed by atoms with E-state index in [1.165, 1.54) is 18.9 Å². The van der Waals surface area contributed by atoms with Crippen molar-refractivity contribution in [1.82, 2.24) is 25.4 Å². The first-order valence-electron chi connectivity index (χ1n) is 8.73. The minimum Gasteiger partial charge on any atom is -0.468 e. The number of hydrogen-bond acceptors (Lipinski definition) is 7. The minimum atomic E-state index is -0.517. The summed E-state index contributed by atoms with van der Waals surface area (Å²) in [4.78, 5) is 35.1. The highest BCUT2D eigenvalue weighted by Crippen LogP contribution is 2.27. The van der Waals surface area contributed by atoms with Gasteiger partial charge in [0.2, 0.25) is 5.91 Å². The van der Waals surface area contributed by atoms with Crippen LogP contribution in [0.4, 0.5) is 4.79 Å². The van der Waals surface area contributed by atoms with Gasteiger partial charge in [0.15, 0.2) is 5.16 Å². The molecule has 148 valence electrons. The number of methoxy groups -OCH3 is 1. The van der Waals surface area contributed by atoms with Crippen LogP contribution in [-0.2, 0) is 20.7 Å². The van der Waals surface area contributed by atoms with Crippen molar-refractivity contribution < 1.29 is 19.1 Å². The van der Waals surface area contributed by atoms with Gasteiger partial charge in [0.25, 0.3) is 0 Å². The number of rotatable bonds is 6. The van der Waals surface area contributed by atoms with Crippen molar-refractivity contribution in [2.24, 2.45) is 0 Å². The molecule has 1 aromatic heterocycles. The summed E-state index contributed by atoms with van der Waals surface area (Å²) in [6, 6.07) is 6.89. The van der Waals surface area contributed by atoms with Crippen LogP contribution in [0, 0.1) is 6.92 Å². The number of amides is 3. The summed E-state index contributed by atoms with van der Waals surface area (Å²) >= 11 is 1.24. The lowest BCUT2D eigenvalue weighted by molar-refractivity contribution is -0.139. The number of thioether (sulfide) groups is 1. The highest BCUT2D eigenvalue weighted by Gasteiger charge is 2.27. The van der Waals surface area contributed by atoms with Crippen LogP contribution in [0.25, 0.3) is 5.69 Å². The van der Waals surface area contributed by atoms with Crippen molar-refractivity contribution in [3.05, 3.63) is 35.7 Å². The van der Waals surface area contributed by atoms with Crippen molar-refractivity contribution in [3.63, 3.8) is 0 Å². The highest BCUT2D eigenvalue weighted by molar-refractivity contribution is 8.00. The second-order valence-corrected chi connectivity index (χ2v) is 7.79. The third-order valence-corrected chi connectivity index (χ3v) is 5.25. The average molecular weight is 403 g/mol. The summed E-state index contributed by atoms with van der Waals surface area (Å²) in [5.74, 6) is -0.101. The van der Waals surface area contributed by atoms with Crippen LogP contribution in [0.3, 0.4) is 0 Å². The molecule has 3 amide bonds. The van der Waals surface area contributed by atoms with Gasteiger partial charge in [0, 0.05) is 24.6 Å². The monoisotopic (exact) mass is 403 g/mol. The zero-order valence-corrected chi connectivity index (χ0v) is 16.6. The van der Waals surface area contributed by atoms with Crippen molar-refractivity contribution in [3.8, 4) is 5.69 Å². The first-order valence-corrected chi connectivity index (χ1v) is 9.61. The fourth-order valence-corrected chi connectivity index (χ4v) is 3.84. The molecular formula is C18H21N5O4S. The van der Waals surface area contributed by atoms with Crippen LogP contribution in [-0.4, -0.2) is 51.1 Å². The number of urea groups is 1. The van der Waals surface area contributed by atoms with Gasteiger partial charge in [-0.15, -0.1) is 10.2 Å². The Labute approximate surface area is 166 Å². The minimum absolute atomic E-state index is 0.160. The number of carbonyl (C=O) groups is 3. The molecule has 1 fully saturated rings. The number of nitrogens with zero attached hydrogens (tertiary/aromatic N) is 3. The first-order chi connectivity index (χ1) is 13.4. The molecule has 3 rings (SSSR count). The van der Waals surface area contributed by atoms with Crippen molar-refractivity contribution >= 4 is 29.7 Å². The molecule has 2 N–H and O–H groups in total. The van der Waals surface area contributed by atoms with Gasteiger partial charge in [-0.1, -0.05) is 23.9 Å². The zero-order chi connectivity index (χ0) is 20.3. The fourth-order valence-electron chi connectivity index (χ4n) is 2.92. The SMILES string of the molecule is COC(=O)C(C)Sc1nnc(CC2CC(=O)NC(=O)N2)n1-c1cccc(C)c1. The van der Waals surface area contributed by atoms with Crippen molar-refractivity contribution in [1.29, 1.82) is 0 Å². The molecule has 9 nitrogen and oxygen atoms in total. The largest absolute Gasteiger partial charge is 0.468 e. The van der Waals surface area contributed by atoms with Gasteiger partial charge in [-0.2, -0.15) is 0 Å². The molecule has 0 radical (unpaired) electrons. The molecule has 2 heterocycles. The number of aryl methyl sites for hydroxylation is 1. The van der Waals surface area contributed by atoms with Gasteiger partial charge in [-0.25, -0.2) is 4.79 Å². The van der Waals surface area contributed by atoms with Gasteiger partial charge in [-0.05, 0) is 31.5 Å². The standard InChI is InChI=1S/C18H21N5O4S/c1-10-5-4-6-13(7-10)23-14(8-12-9-15(24)20-17(26)19-12)21-22-18(23)28-11(2)16(25)27-3/h4-7,11-12H,8-9H2,1-3H3,(H2,19,20,24,26). The topological polar surface area (TPSA) is 115 Å². The second-order valence-electron chi connectivity index (χ2n) is 6.48. The molecular weight excluding hydrogens is 382 g/mol. The third kappa shape index (κ3) is 4.50. The van der Waals surface area contributed by atoms with Crippen molar-refractivity contribution in [2.45, 2.75) is 43.1 Å². The molecule has 0 bridgehead atoms. The molecule has 1 saturated heterocycles. The van der Waals surface area contributed by atoms with Gasteiger partial charge < -0.3 is 10.1 Å². The van der Waals surface area contributed by atoms with Crippen LogP contribution in [0.5, 0.6) is 0 Å². The Balaban J connectivity index is 1.94. The molecule has 0 aliphatic carbocycles. The predicted molar refractivity (Wildman–Crippen MR) is 102 cm³/mol. The molecule has 1 aliphatic rings. The maximum Gasteiger partial charge on any atom is 0.321 e. The van der Waals surface area contributed by atoms with E-state index in [9.17, 15) is 14.4 Å². The highest BCUT2D eigenvalue weighted by atomic mass is 32.2. The number of ether oxygens (including phenoxy) is 1. The van der Waals surface area contributed by atoms with Gasteiger partial charge in [0.1, 0.15) is 11.1 Å². The smallest absolute Gasteiger partial charge is 0.321 e. The summed E-state index contributed by atoms with van der Waals surface area (Å²) in [6.45, 7) is 3.71. The number of benzene rings is 1. The summed E-state index contributed by atoms with van der Waals surface area (Å²) < 4.78 is 6.63. The Bertz CT molecular complexity index is 897. The Morgan fingerprint density at radius 3 is 2.86 bits per heavy atom. The Morgan fingerprint density at radius 1 is 1.39 bits per heavy atom. The van der Waals surface area contributed by atoms with Gasteiger partial charge in [0.05, 0.1) is 7.11 Å². The number of imide groups is 1. The third-order valence-electron chi connectivity index (χ3n) is 4.22. The summed E-state index contributed by atoms with van der Waals surface area (Å²) in [5.41, 5.74) is 1.89. The molecule has 0 spiro atoms. The summed E-state index contributed by atoms with van der Waals surface area (Å²) in [6.07, 6.45) is 0.487. The van der Waals surface area contributed by atoms with Crippen LogP contribution >= 0.6 is 11.8 Å². The van der Waals surface area contributed by atoms with E-state index in [1.54, 1.807) is 6.92 Å². The first kappa shape index (κ1) is 19.9. The van der Waals surface area contributed by atoms with E-state index in [-0.39, 0.29) is 24.3 Å². The number of hydrogen-bond donors (Lipinski definition) is 2. The fraction of sp³-hybridized carbons (Fsp3) is 0.389. The maximum absolute atomic E-state index is 11.8. The van der Waals surface area contributed by atoms with E-state index in [4.69, 9.17) is 4.74 Å². The van der Waals surface area contributed by atoms with E-state index in [0.29, 0.717) is 17.4 Å². The van der Waals surface area contributed by atoms with Crippen LogP contribution in [0.15, 0.2) is 29.4 Å². The molecule has 1 aromatic carbocycles. The van der Waals surface area contributed by atoms with Gasteiger partial charge >= 0.3 is 12.0 Å². The van der Waals surface area contributed by atoms with Crippen LogP contribution in [0.2, 0.25) is 0 Å². The van der Waals surface area contributed by atoms with Gasteiger partial charge in [-0.3, -0.25) is 19.5 Å². The maximum atomic E-state index is 11.8. The number of carbonyl (C=O) groups excluding carboxylic acids is 3. The lowest BCUT2D eigenvalue weighted by atomic mass is 10.1.